The van der Waals surface area contributed by atoms with Gasteiger partial charge in [0.1, 0.15) is 0 Å². The van der Waals surface area contributed by atoms with E-state index in [2.05, 4.69) is 28.5 Å². The van der Waals surface area contributed by atoms with Gasteiger partial charge in [0.05, 0.1) is 15.2 Å². The first kappa shape index (κ1) is 28.2. The molecule has 0 spiro atoms. The summed E-state index contributed by atoms with van der Waals surface area (Å²) in [5, 5.41) is 3.39. The molecule has 8 nitrogen and oxygen atoms in total. The maximum absolute atomic E-state index is 11.6. The quantitative estimate of drug-likeness (QED) is 0.382. The number of benzene rings is 2. The molecule has 3 aliphatic rings. The van der Waals surface area contributed by atoms with E-state index < -0.39 is 31.1 Å². The summed E-state index contributed by atoms with van der Waals surface area (Å²) in [5.41, 5.74) is 6.55. The minimum atomic E-state index is -4.28. The molecule has 0 amide bonds. The van der Waals surface area contributed by atoms with E-state index in [0.717, 1.165) is 53.2 Å². The fourth-order valence-corrected chi connectivity index (χ4v) is 6.55. The van der Waals surface area contributed by atoms with E-state index in [1.807, 2.05) is 39.8 Å². The van der Waals surface area contributed by atoms with Crippen molar-refractivity contribution in [1.29, 1.82) is 0 Å². The number of anilines is 1. The molecule has 2 aromatic rings. The molecule has 0 fully saturated rings. The number of rotatable bonds is 5. The summed E-state index contributed by atoms with van der Waals surface area (Å²) in [6.07, 6.45) is 13.3. The van der Waals surface area contributed by atoms with E-state index in [4.69, 9.17) is 0 Å². The molecule has 10 heteroatoms. The topological polar surface area (TPSA) is 135 Å². The highest BCUT2D eigenvalue weighted by molar-refractivity contribution is 7.86. The fraction of sp³-hybridized carbons (Fsp3) is 0.300. The van der Waals surface area contributed by atoms with Crippen LogP contribution in [0.5, 0.6) is 0 Å². The van der Waals surface area contributed by atoms with Crippen LogP contribution >= 0.6 is 0 Å². The Balaban J connectivity index is 1.37. The van der Waals surface area contributed by atoms with Gasteiger partial charge in [-0.05, 0) is 86.2 Å². The van der Waals surface area contributed by atoms with Crippen LogP contribution in [0.15, 0.2) is 93.4 Å². The van der Waals surface area contributed by atoms with E-state index in [-0.39, 0.29) is 9.79 Å². The lowest BCUT2D eigenvalue weighted by molar-refractivity contribution is -0.349. The van der Waals surface area contributed by atoms with Gasteiger partial charge in [-0.2, -0.15) is 16.8 Å². The van der Waals surface area contributed by atoms with Crippen LogP contribution in [0.3, 0.4) is 0 Å². The number of hydrogen-bond donors (Lipinski definition) is 4. The molecule has 0 saturated heterocycles. The van der Waals surface area contributed by atoms with E-state index in [1.54, 1.807) is 12.1 Å². The third-order valence-electron chi connectivity index (χ3n) is 8.04. The molecule has 5 rings (SSSR count). The second-order valence-electron chi connectivity index (χ2n) is 11.5. The van der Waals surface area contributed by atoms with Crippen molar-refractivity contribution in [3.63, 3.8) is 0 Å². The summed E-state index contributed by atoms with van der Waals surface area (Å²) in [6.45, 7) is 8.05. The monoisotopic (exact) mass is 581 g/mol. The van der Waals surface area contributed by atoms with Crippen molar-refractivity contribution in [2.24, 2.45) is 0 Å². The number of hydrogen-bond acceptors (Lipinski definition) is 5. The number of nitrogens with one attached hydrogen (secondary N) is 2. The summed E-state index contributed by atoms with van der Waals surface area (Å²) in [7, 11) is -8.57. The van der Waals surface area contributed by atoms with E-state index in [0.29, 0.717) is 0 Å². The predicted molar refractivity (Wildman–Crippen MR) is 155 cm³/mol. The van der Waals surface area contributed by atoms with Crippen LogP contribution in [-0.4, -0.2) is 31.7 Å². The van der Waals surface area contributed by atoms with Crippen LogP contribution in [0.2, 0.25) is 0 Å². The molecule has 0 bridgehead atoms. The first-order valence-electron chi connectivity index (χ1n) is 13.0. The van der Waals surface area contributed by atoms with Crippen molar-refractivity contribution in [3.8, 4) is 0 Å². The molecule has 0 aromatic heterocycles. The zero-order valence-electron chi connectivity index (χ0n) is 22.8. The predicted octanol–water partition coefficient (Wildman–Crippen LogP) is 4.50. The summed E-state index contributed by atoms with van der Waals surface area (Å²) >= 11 is 0. The molecule has 40 heavy (non-hydrogen) atoms. The molecule has 1 aliphatic carbocycles. The molecule has 0 saturated carbocycles. The van der Waals surface area contributed by atoms with E-state index in [9.17, 15) is 25.9 Å². The van der Waals surface area contributed by atoms with Gasteiger partial charge in [0, 0.05) is 34.5 Å². The van der Waals surface area contributed by atoms with Crippen LogP contribution < -0.4 is 10.3 Å². The first-order chi connectivity index (χ1) is 18.6. The Morgan fingerprint density at radius 3 is 2.15 bits per heavy atom. The molecule has 2 aromatic carbocycles. The van der Waals surface area contributed by atoms with Crippen molar-refractivity contribution >= 4 is 37.3 Å². The van der Waals surface area contributed by atoms with Gasteiger partial charge in [-0.3, -0.25) is 9.11 Å². The highest BCUT2D eigenvalue weighted by Crippen LogP contribution is 2.44. The molecule has 210 valence electrons. The molecule has 2 heterocycles. The average molecular weight is 582 g/mol. The Labute approximate surface area is 235 Å². The van der Waals surface area contributed by atoms with Gasteiger partial charge in [-0.15, -0.1) is 0 Å². The minimum Gasteiger partial charge on any atom is -0.358 e. The fourth-order valence-electron chi connectivity index (χ4n) is 5.54. The Kier molecular flexibility index (Phi) is 6.81. The Morgan fingerprint density at radius 2 is 1.48 bits per heavy atom. The molecular formula is C30H33N2O6S2+. The standard InChI is InChI=1S/C30H32N2O6S2/c1-29(2)23-17-21(39(33,34)35)10-12-25(23)31-27(29)14-8-19-6-5-7-20(16-19)9-15-28-30(3,4)24-18-22(40(36,37)38)11-13-26(24)32-28/h8-18,31H,5-7H2,1-4H3,(H,33,34,35)(H,36,37,38)/p+1. The lowest BCUT2D eigenvalue weighted by Crippen LogP contribution is -2.65. The van der Waals surface area contributed by atoms with Crippen LogP contribution in [0.1, 0.15) is 58.1 Å². The summed E-state index contributed by atoms with van der Waals surface area (Å²) in [5.74, 6) is 0. The second-order valence-corrected chi connectivity index (χ2v) is 14.3. The molecule has 0 atom stereocenters. The smallest absolute Gasteiger partial charge is 0.294 e. The number of fused-ring (bicyclic) bond motifs is 2. The Bertz CT molecular complexity index is 1790. The van der Waals surface area contributed by atoms with E-state index >= 15 is 0 Å². The molecule has 0 unspecified atom stereocenters. The van der Waals surface area contributed by atoms with Crippen LogP contribution in [-0.2, 0) is 31.1 Å². The summed E-state index contributed by atoms with van der Waals surface area (Å²) < 4.78 is 65.4. The van der Waals surface area contributed by atoms with Crippen molar-refractivity contribution in [2.45, 2.75) is 67.6 Å². The van der Waals surface area contributed by atoms with Gasteiger partial charge in [0.15, 0.2) is 5.71 Å². The maximum Gasteiger partial charge on any atom is 0.294 e. The van der Waals surface area contributed by atoms with Crippen molar-refractivity contribution in [3.05, 3.63) is 94.7 Å². The second kappa shape index (κ2) is 9.66. The molecule has 0 radical (unpaired) electrons. The zero-order chi connectivity index (χ0) is 29.1. The first-order valence-corrected chi connectivity index (χ1v) is 15.9. The maximum atomic E-state index is 11.6. The highest BCUT2D eigenvalue weighted by Gasteiger charge is 2.40. The Hall–Kier alpha value is -3.31. The lowest BCUT2D eigenvalue weighted by Gasteiger charge is -2.20. The Morgan fingerprint density at radius 1 is 0.825 bits per heavy atom. The minimum absolute atomic E-state index is 0.118. The van der Waals surface area contributed by atoms with Gasteiger partial charge in [-0.1, -0.05) is 32.1 Å². The SMILES string of the molecule is CC1(C)C(=CC=C2C=C(C=CC3=[NH+]c4ccc(S(=O)(=O)O)cc4C3(C)C)CCC2)Nc2ccc(S(=O)(=O)O)cc21. The van der Waals surface area contributed by atoms with E-state index in [1.165, 1.54) is 35.4 Å². The highest BCUT2D eigenvalue weighted by atomic mass is 32.2. The van der Waals surface area contributed by atoms with Gasteiger partial charge < -0.3 is 5.32 Å². The number of allylic oxidation sites excluding steroid dienone is 8. The molecule has 4 N–H and O–H groups in total. The third kappa shape index (κ3) is 5.24. The van der Waals surface area contributed by atoms with Gasteiger partial charge in [-0.25, -0.2) is 4.99 Å². The summed E-state index contributed by atoms with van der Waals surface area (Å²) in [6, 6.07) is 9.18. The van der Waals surface area contributed by atoms with Crippen LogP contribution in [0, 0.1) is 0 Å². The van der Waals surface area contributed by atoms with Crippen LogP contribution in [0.25, 0.3) is 0 Å². The zero-order valence-corrected chi connectivity index (χ0v) is 24.4. The van der Waals surface area contributed by atoms with Gasteiger partial charge in [0.2, 0.25) is 5.69 Å². The average Bonchev–Trinajstić information content (AvgIpc) is 3.28. The van der Waals surface area contributed by atoms with Crippen molar-refractivity contribution in [2.75, 3.05) is 5.32 Å². The van der Waals surface area contributed by atoms with Crippen molar-refractivity contribution in [1.82, 2.24) is 0 Å². The lowest BCUT2D eigenvalue weighted by atomic mass is 9.81. The molecular weight excluding hydrogens is 548 g/mol. The van der Waals surface area contributed by atoms with Crippen molar-refractivity contribution < 1.29 is 30.9 Å². The van der Waals surface area contributed by atoms with Gasteiger partial charge >= 0.3 is 0 Å². The van der Waals surface area contributed by atoms with Crippen LogP contribution in [0.4, 0.5) is 11.4 Å². The normalized spacial score (nSPS) is 21.8. The van der Waals surface area contributed by atoms with Gasteiger partial charge in [0.25, 0.3) is 20.2 Å². The largest absolute Gasteiger partial charge is 0.358 e. The summed E-state index contributed by atoms with van der Waals surface area (Å²) in [4.78, 5) is 3.15. The third-order valence-corrected chi connectivity index (χ3v) is 9.74. The molecule has 2 aliphatic heterocycles.